The van der Waals surface area contributed by atoms with Crippen LogP contribution in [0.5, 0.6) is 0 Å². The van der Waals surface area contributed by atoms with Crippen LogP contribution in [-0.4, -0.2) is 49.3 Å². The second kappa shape index (κ2) is 7.94. The third-order valence-corrected chi connectivity index (χ3v) is 5.20. The number of ether oxygens (including phenoxy) is 1. The third kappa shape index (κ3) is 5.22. The van der Waals surface area contributed by atoms with Crippen molar-refractivity contribution in [3.63, 3.8) is 0 Å². The van der Waals surface area contributed by atoms with Gasteiger partial charge in [0, 0.05) is 31.8 Å². The highest BCUT2D eigenvalue weighted by Gasteiger charge is 2.33. The Morgan fingerprint density at radius 3 is 2.67 bits per heavy atom. The number of nitrogens with one attached hydrogen (secondary N) is 1. The summed E-state index contributed by atoms with van der Waals surface area (Å²) in [6, 6.07) is 1.35. The highest BCUT2D eigenvalue weighted by atomic mass is 16.5. The van der Waals surface area contributed by atoms with E-state index < -0.39 is 0 Å². The third-order valence-electron chi connectivity index (χ3n) is 5.20. The van der Waals surface area contributed by atoms with Crippen LogP contribution in [0.1, 0.15) is 66.2 Å². The highest BCUT2D eigenvalue weighted by Crippen LogP contribution is 2.25. The Morgan fingerprint density at radius 2 is 2.05 bits per heavy atom. The van der Waals surface area contributed by atoms with Crippen molar-refractivity contribution < 1.29 is 4.74 Å². The molecule has 0 amide bonds. The summed E-state index contributed by atoms with van der Waals surface area (Å²) >= 11 is 0. The summed E-state index contributed by atoms with van der Waals surface area (Å²) in [5.74, 6) is 0. The van der Waals surface area contributed by atoms with E-state index in [9.17, 15) is 0 Å². The summed E-state index contributed by atoms with van der Waals surface area (Å²) in [4.78, 5) is 2.75. The van der Waals surface area contributed by atoms with Gasteiger partial charge in [-0.05, 0) is 44.1 Å². The molecule has 2 aliphatic rings. The van der Waals surface area contributed by atoms with Crippen molar-refractivity contribution in [2.75, 3.05) is 26.2 Å². The van der Waals surface area contributed by atoms with E-state index in [1.807, 2.05) is 0 Å². The molecule has 0 aromatic heterocycles. The Labute approximate surface area is 131 Å². The van der Waals surface area contributed by atoms with Crippen LogP contribution in [0.25, 0.3) is 0 Å². The number of hydrogen-bond acceptors (Lipinski definition) is 3. The molecule has 3 unspecified atom stereocenters. The van der Waals surface area contributed by atoms with Gasteiger partial charge < -0.3 is 10.1 Å². The second-order valence-electron chi connectivity index (χ2n) is 8.04. The molecule has 2 fully saturated rings. The second-order valence-corrected chi connectivity index (χ2v) is 8.04. The van der Waals surface area contributed by atoms with Crippen molar-refractivity contribution in [2.24, 2.45) is 5.41 Å². The van der Waals surface area contributed by atoms with Crippen molar-refractivity contribution in [1.82, 2.24) is 10.2 Å². The quantitative estimate of drug-likeness (QED) is 0.812. The molecule has 2 rings (SSSR count). The zero-order valence-corrected chi connectivity index (χ0v) is 14.7. The van der Waals surface area contributed by atoms with Crippen LogP contribution >= 0.6 is 0 Å². The Kier molecular flexibility index (Phi) is 6.51. The van der Waals surface area contributed by atoms with Gasteiger partial charge in [-0.3, -0.25) is 4.90 Å². The zero-order chi connectivity index (χ0) is 15.3. The van der Waals surface area contributed by atoms with Gasteiger partial charge in [-0.25, -0.2) is 0 Å². The van der Waals surface area contributed by atoms with Crippen LogP contribution in [-0.2, 0) is 4.74 Å². The monoisotopic (exact) mass is 296 g/mol. The normalized spacial score (nSPS) is 31.7. The van der Waals surface area contributed by atoms with Crippen molar-refractivity contribution in [1.29, 1.82) is 0 Å². The van der Waals surface area contributed by atoms with Gasteiger partial charge in [0.1, 0.15) is 0 Å². The molecule has 3 heteroatoms. The van der Waals surface area contributed by atoms with E-state index in [0.717, 1.165) is 19.2 Å². The number of hydrogen-bond donors (Lipinski definition) is 1. The first kappa shape index (κ1) is 17.2. The lowest BCUT2D eigenvalue weighted by Crippen LogP contribution is -2.60. The first-order chi connectivity index (χ1) is 10.0. The van der Waals surface area contributed by atoms with Gasteiger partial charge in [0.05, 0.1) is 6.10 Å². The summed E-state index contributed by atoms with van der Waals surface area (Å²) in [5, 5.41) is 3.79. The number of piperazine rings is 1. The maximum atomic E-state index is 5.76. The Balaban J connectivity index is 1.81. The minimum atomic E-state index is 0.351. The summed E-state index contributed by atoms with van der Waals surface area (Å²) in [6.07, 6.45) is 8.26. The van der Waals surface area contributed by atoms with Crippen LogP contribution < -0.4 is 5.32 Å². The van der Waals surface area contributed by atoms with Gasteiger partial charge >= 0.3 is 0 Å². The molecule has 3 atom stereocenters. The fourth-order valence-electron chi connectivity index (χ4n) is 3.72. The molecular formula is C18H36N2O. The smallest absolute Gasteiger partial charge is 0.0576 e. The molecule has 124 valence electrons. The Hall–Kier alpha value is -0.120. The van der Waals surface area contributed by atoms with Crippen LogP contribution in [0.4, 0.5) is 0 Å². The fraction of sp³-hybridized carbons (Fsp3) is 1.00. The van der Waals surface area contributed by atoms with E-state index in [1.54, 1.807) is 0 Å². The standard InChI is InChI=1S/C18H36N2O/c1-5-8-15-13-19-17(18(2,3)4)14-20(15)11-6-9-16-10-7-12-21-16/h15-17,19H,5-14H2,1-4H3. The van der Waals surface area contributed by atoms with E-state index in [2.05, 4.69) is 37.9 Å². The largest absolute Gasteiger partial charge is 0.378 e. The van der Waals surface area contributed by atoms with Crippen LogP contribution in [0.15, 0.2) is 0 Å². The lowest BCUT2D eigenvalue weighted by Gasteiger charge is -2.45. The zero-order valence-electron chi connectivity index (χ0n) is 14.7. The molecule has 2 saturated heterocycles. The molecule has 3 nitrogen and oxygen atoms in total. The number of rotatable bonds is 6. The summed E-state index contributed by atoms with van der Waals surface area (Å²) in [7, 11) is 0. The summed E-state index contributed by atoms with van der Waals surface area (Å²) in [5.41, 5.74) is 0.351. The van der Waals surface area contributed by atoms with E-state index in [0.29, 0.717) is 17.6 Å². The predicted molar refractivity (Wildman–Crippen MR) is 89.7 cm³/mol. The minimum Gasteiger partial charge on any atom is -0.378 e. The molecule has 1 N–H and O–H groups in total. The van der Waals surface area contributed by atoms with Gasteiger partial charge in [-0.15, -0.1) is 0 Å². The van der Waals surface area contributed by atoms with E-state index in [1.165, 1.54) is 51.6 Å². The minimum absolute atomic E-state index is 0.351. The molecule has 21 heavy (non-hydrogen) atoms. The molecule has 0 aromatic carbocycles. The molecule has 0 saturated carbocycles. The molecule has 0 spiro atoms. The van der Waals surface area contributed by atoms with Crippen molar-refractivity contribution in [3.05, 3.63) is 0 Å². The van der Waals surface area contributed by atoms with E-state index in [-0.39, 0.29) is 0 Å². The summed E-state index contributed by atoms with van der Waals surface area (Å²) < 4.78 is 5.76. The maximum absolute atomic E-state index is 5.76. The van der Waals surface area contributed by atoms with Crippen LogP contribution in [0.3, 0.4) is 0 Å². The molecule has 0 bridgehead atoms. The Bertz CT molecular complexity index is 294. The van der Waals surface area contributed by atoms with Crippen molar-refractivity contribution in [2.45, 2.75) is 84.4 Å². The van der Waals surface area contributed by atoms with Gasteiger partial charge in [-0.1, -0.05) is 34.1 Å². The molecular weight excluding hydrogens is 260 g/mol. The predicted octanol–water partition coefficient (Wildman–Crippen LogP) is 3.43. The SMILES string of the molecule is CCCC1CNC(C(C)(C)C)CN1CCCC1CCCO1. The lowest BCUT2D eigenvalue weighted by atomic mass is 9.84. The maximum Gasteiger partial charge on any atom is 0.0576 e. The molecule has 0 radical (unpaired) electrons. The first-order valence-electron chi connectivity index (χ1n) is 9.09. The van der Waals surface area contributed by atoms with Gasteiger partial charge in [0.15, 0.2) is 0 Å². The van der Waals surface area contributed by atoms with E-state index >= 15 is 0 Å². The molecule has 2 aliphatic heterocycles. The van der Waals surface area contributed by atoms with Gasteiger partial charge in [0.2, 0.25) is 0 Å². The first-order valence-corrected chi connectivity index (χ1v) is 9.09. The average Bonchev–Trinajstić information content (AvgIpc) is 2.93. The van der Waals surface area contributed by atoms with Gasteiger partial charge in [0.25, 0.3) is 0 Å². The lowest BCUT2D eigenvalue weighted by molar-refractivity contribution is 0.0674. The topological polar surface area (TPSA) is 24.5 Å². The number of nitrogens with zero attached hydrogens (tertiary/aromatic N) is 1. The average molecular weight is 296 g/mol. The van der Waals surface area contributed by atoms with Crippen molar-refractivity contribution in [3.8, 4) is 0 Å². The highest BCUT2D eigenvalue weighted by molar-refractivity contribution is 4.91. The summed E-state index contributed by atoms with van der Waals surface area (Å²) in [6.45, 7) is 14.0. The molecule has 0 aromatic rings. The van der Waals surface area contributed by atoms with Crippen molar-refractivity contribution >= 4 is 0 Å². The fourth-order valence-corrected chi connectivity index (χ4v) is 3.72. The van der Waals surface area contributed by atoms with Crippen LogP contribution in [0.2, 0.25) is 0 Å². The Morgan fingerprint density at radius 1 is 1.24 bits per heavy atom. The van der Waals surface area contributed by atoms with E-state index in [4.69, 9.17) is 4.74 Å². The van der Waals surface area contributed by atoms with Gasteiger partial charge in [-0.2, -0.15) is 0 Å². The molecule has 0 aliphatic carbocycles. The molecule has 2 heterocycles. The van der Waals surface area contributed by atoms with Crippen LogP contribution in [0, 0.1) is 5.41 Å².